The lowest BCUT2D eigenvalue weighted by molar-refractivity contribution is -0.352. The fourth-order valence-electron chi connectivity index (χ4n) is 7.76. The van der Waals surface area contributed by atoms with Gasteiger partial charge in [-0.15, -0.1) is 0 Å². The van der Waals surface area contributed by atoms with Crippen molar-refractivity contribution in [1.29, 1.82) is 0 Å². The molecule has 0 spiro atoms. The Bertz CT molecular complexity index is 1540. The van der Waals surface area contributed by atoms with Gasteiger partial charge in [-0.3, -0.25) is 0 Å². The minimum absolute atomic E-state index is 0.0985. The molecule has 0 amide bonds. The minimum Gasteiger partial charge on any atom is -0.368 e. The van der Waals surface area contributed by atoms with Crippen molar-refractivity contribution in [3.63, 3.8) is 0 Å². The second kappa shape index (κ2) is 14.4. The predicted molar refractivity (Wildman–Crippen MR) is 180 cm³/mol. The number of hydrogen-bond acceptors (Lipinski definition) is 10. The van der Waals surface area contributed by atoms with Crippen molar-refractivity contribution in [2.75, 3.05) is 6.61 Å². The molecule has 0 radical (unpaired) electrons. The van der Waals surface area contributed by atoms with Crippen LogP contribution in [0.15, 0.2) is 91.0 Å². The Labute approximate surface area is 294 Å². The van der Waals surface area contributed by atoms with Gasteiger partial charge in [0.2, 0.25) is 0 Å². The van der Waals surface area contributed by atoms with E-state index in [1.165, 1.54) is 0 Å². The monoisotopic (exact) mass is 688 g/mol. The van der Waals surface area contributed by atoms with E-state index in [1.54, 1.807) is 0 Å². The van der Waals surface area contributed by atoms with Crippen LogP contribution in [-0.2, 0) is 60.6 Å². The molecule has 3 aromatic carbocycles. The molecular formula is C40H48O10. The zero-order valence-corrected chi connectivity index (χ0v) is 29.1. The van der Waals surface area contributed by atoms with E-state index in [9.17, 15) is 0 Å². The van der Waals surface area contributed by atoms with Gasteiger partial charge in [-0.05, 0) is 57.2 Å². The first kappa shape index (κ1) is 34.4. The maximum atomic E-state index is 7.05. The van der Waals surface area contributed by atoms with Crippen molar-refractivity contribution < 1.29 is 47.4 Å². The second-order valence-electron chi connectivity index (χ2n) is 14.7. The molecule has 0 unspecified atom stereocenters. The summed E-state index contributed by atoms with van der Waals surface area (Å²) in [4.78, 5) is 0. The van der Waals surface area contributed by atoms with Gasteiger partial charge in [-0.1, -0.05) is 91.0 Å². The first-order valence-electron chi connectivity index (χ1n) is 17.9. The molecule has 0 N–H and O–H groups in total. The van der Waals surface area contributed by atoms with Gasteiger partial charge in [-0.25, -0.2) is 0 Å². The third kappa shape index (κ3) is 7.43. The summed E-state index contributed by atoms with van der Waals surface area (Å²) >= 11 is 0. The third-order valence-corrected chi connectivity index (χ3v) is 10.1. The molecule has 0 aliphatic carbocycles. The molecule has 11 atom stereocenters. The standard InChI is InChI=1S/C40H48O10/c1-39(2)43-24-30(48-39)32-34(36-38(46-32)50-40(3,4)49-36)47-37-35(42-23-26-16-10-6-11-17-26)33(41-22-25-14-8-5-9-15-25)31-29(45-37)21-20-28(44-31)27-18-12-7-13-19-27/h5-19,28-38H,20-24H2,1-4H3/t28-,29+,30+,31+,32+,33-,34-,35-,36+,37-,38+/m0/s1. The molecule has 50 heavy (non-hydrogen) atoms. The molecule has 5 aliphatic heterocycles. The second-order valence-corrected chi connectivity index (χ2v) is 14.7. The smallest absolute Gasteiger partial charge is 0.190 e. The number of benzene rings is 3. The van der Waals surface area contributed by atoms with Crippen LogP contribution in [0.5, 0.6) is 0 Å². The van der Waals surface area contributed by atoms with Crippen molar-refractivity contribution in [3.05, 3.63) is 108 Å². The highest BCUT2D eigenvalue weighted by atomic mass is 16.9. The normalized spacial score (nSPS) is 37.3. The van der Waals surface area contributed by atoms with Gasteiger partial charge in [0, 0.05) is 0 Å². The largest absolute Gasteiger partial charge is 0.368 e. The number of ether oxygens (including phenoxy) is 10. The Morgan fingerprint density at radius 1 is 0.580 bits per heavy atom. The van der Waals surface area contributed by atoms with Crippen LogP contribution in [0.1, 0.15) is 63.3 Å². The first-order valence-corrected chi connectivity index (χ1v) is 17.9. The summed E-state index contributed by atoms with van der Waals surface area (Å²) in [5.74, 6) is -1.60. The summed E-state index contributed by atoms with van der Waals surface area (Å²) in [5.41, 5.74) is 3.21. The van der Waals surface area contributed by atoms with E-state index in [2.05, 4.69) is 24.3 Å². The lowest BCUT2D eigenvalue weighted by Crippen LogP contribution is -2.63. The maximum Gasteiger partial charge on any atom is 0.190 e. The molecular weight excluding hydrogens is 640 g/mol. The van der Waals surface area contributed by atoms with Gasteiger partial charge in [0.25, 0.3) is 0 Å². The molecule has 3 aromatic rings. The molecule has 10 heteroatoms. The van der Waals surface area contributed by atoms with Crippen molar-refractivity contribution in [3.8, 4) is 0 Å². The molecule has 10 nitrogen and oxygen atoms in total. The van der Waals surface area contributed by atoms with Crippen LogP contribution < -0.4 is 0 Å². The van der Waals surface area contributed by atoms with Gasteiger partial charge in [0.15, 0.2) is 24.2 Å². The highest BCUT2D eigenvalue weighted by Gasteiger charge is 2.61. The summed E-state index contributed by atoms with van der Waals surface area (Å²) in [6, 6.07) is 30.6. The van der Waals surface area contributed by atoms with Crippen LogP contribution in [-0.4, -0.2) is 79.6 Å². The SMILES string of the molecule is CC1(C)O[C@H]2O[C@H]([C@H]3COC(C)(C)O3)[C@H](O[C@@H]3O[C@@H]4CC[C@@H](c5ccccc5)O[C@H]4[C@H](OCc4ccccc4)[C@@H]3OCc3ccccc3)[C@H]2O1. The average molecular weight is 689 g/mol. The highest BCUT2D eigenvalue weighted by Crippen LogP contribution is 2.45. The van der Waals surface area contributed by atoms with Gasteiger partial charge < -0.3 is 47.4 Å². The maximum absolute atomic E-state index is 7.05. The summed E-state index contributed by atoms with van der Waals surface area (Å²) < 4.78 is 65.8. The van der Waals surface area contributed by atoms with Gasteiger partial charge in [-0.2, -0.15) is 0 Å². The van der Waals surface area contributed by atoms with Crippen molar-refractivity contribution in [2.24, 2.45) is 0 Å². The van der Waals surface area contributed by atoms with Gasteiger partial charge in [0.1, 0.15) is 42.7 Å². The van der Waals surface area contributed by atoms with Crippen LogP contribution in [0.3, 0.4) is 0 Å². The van der Waals surface area contributed by atoms with Crippen LogP contribution >= 0.6 is 0 Å². The molecule has 0 bridgehead atoms. The van der Waals surface area contributed by atoms with Gasteiger partial charge in [0.05, 0.1) is 32.0 Å². The Balaban J connectivity index is 1.12. The summed E-state index contributed by atoms with van der Waals surface area (Å²) in [6.45, 7) is 8.60. The first-order chi connectivity index (χ1) is 24.2. The zero-order chi connectivity index (χ0) is 34.3. The Morgan fingerprint density at radius 3 is 1.84 bits per heavy atom. The van der Waals surface area contributed by atoms with Crippen LogP contribution in [0.4, 0.5) is 0 Å². The van der Waals surface area contributed by atoms with E-state index in [-0.39, 0.29) is 12.2 Å². The third-order valence-electron chi connectivity index (χ3n) is 10.1. The van der Waals surface area contributed by atoms with Crippen molar-refractivity contribution in [2.45, 2.75) is 133 Å². The average Bonchev–Trinajstić information content (AvgIpc) is 3.75. The molecule has 0 aromatic heterocycles. The summed E-state index contributed by atoms with van der Waals surface area (Å²) in [6.07, 6.45) is -3.96. The van der Waals surface area contributed by atoms with Crippen molar-refractivity contribution >= 4 is 0 Å². The molecule has 5 fully saturated rings. The molecule has 5 heterocycles. The highest BCUT2D eigenvalue weighted by molar-refractivity contribution is 5.19. The molecule has 268 valence electrons. The Morgan fingerprint density at radius 2 is 1.20 bits per heavy atom. The Kier molecular flexibility index (Phi) is 9.86. The summed E-state index contributed by atoms with van der Waals surface area (Å²) in [7, 11) is 0. The van der Waals surface area contributed by atoms with Gasteiger partial charge >= 0.3 is 0 Å². The lowest BCUT2D eigenvalue weighted by atomic mass is 9.89. The molecule has 5 saturated heterocycles. The minimum atomic E-state index is -0.846. The van der Waals surface area contributed by atoms with E-state index >= 15 is 0 Å². The van der Waals surface area contributed by atoms with Crippen LogP contribution in [0.25, 0.3) is 0 Å². The van der Waals surface area contributed by atoms with E-state index in [1.807, 2.05) is 94.4 Å². The quantitative estimate of drug-likeness (QED) is 0.245. The van der Waals surface area contributed by atoms with E-state index in [4.69, 9.17) is 47.4 Å². The van der Waals surface area contributed by atoms with Crippen molar-refractivity contribution in [1.82, 2.24) is 0 Å². The fraction of sp³-hybridized carbons (Fsp3) is 0.550. The fourth-order valence-corrected chi connectivity index (χ4v) is 7.76. The van der Waals surface area contributed by atoms with E-state index in [0.29, 0.717) is 19.8 Å². The molecule has 5 aliphatic rings. The lowest BCUT2D eigenvalue weighted by Gasteiger charge is -2.50. The van der Waals surface area contributed by atoms with E-state index < -0.39 is 66.9 Å². The molecule has 0 saturated carbocycles. The Hall–Kier alpha value is -2.74. The predicted octanol–water partition coefficient (Wildman–Crippen LogP) is 6.22. The van der Waals surface area contributed by atoms with Crippen LogP contribution in [0.2, 0.25) is 0 Å². The number of rotatable bonds is 10. The topological polar surface area (TPSA) is 92.3 Å². The number of hydrogen-bond donors (Lipinski definition) is 0. The van der Waals surface area contributed by atoms with E-state index in [0.717, 1.165) is 29.5 Å². The number of fused-ring (bicyclic) bond motifs is 2. The summed E-state index contributed by atoms with van der Waals surface area (Å²) in [5, 5.41) is 0. The van der Waals surface area contributed by atoms with Crippen LogP contribution in [0, 0.1) is 0 Å². The molecule has 8 rings (SSSR count). The zero-order valence-electron chi connectivity index (χ0n) is 29.1.